The van der Waals surface area contributed by atoms with Gasteiger partial charge in [-0.05, 0) is 37.3 Å². The van der Waals surface area contributed by atoms with Crippen molar-refractivity contribution in [1.82, 2.24) is 0 Å². The van der Waals surface area contributed by atoms with Crippen molar-refractivity contribution >= 4 is 27.9 Å². The van der Waals surface area contributed by atoms with Crippen molar-refractivity contribution < 1.29 is 27.8 Å². The summed E-state index contributed by atoms with van der Waals surface area (Å²) < 4.78 is 38.3. The highest BCUT2D eigenvalue weighted by Gasteiger charge is 2.17. The maximum atomic E-state index is 13.7. The molecule has 4 nitrogen and oxygen atoms in total. The predicted octanol–water partition coefficient (Wildman–Crippen LogP) is 7.26. The van der Waals surface area contributed by atoms with Crippen molar-refractivity contribution in [1.29, 1.82) is 0 Å². The van der Waals surface area contributed by atoms with Gasteiger partial charge in [0.2, 0.25) is 0 Å². The van der Waals surface area contributed by atoms with Crippen LogP contribution in [0.25, 0.3) is 0 Å². The molecule has 0 aromatic heterocycles. The van der Waals surface area contributed by atoms with Crippen LogP contribution in [-0.4, -0.2) is 18.0 Å². The topological polar surface area (TPSA) is 52.6 Å². The second-order valence-corrected chi connectivity index (χ2v) is 9.11. The van der Waals surface area contributed by atoms with Crippen LogP contribution < -0.4 is 0 Å². The predicted molar refractivity (Wildman–Crippen MR) is 120 cm³/mol. The molecule has 1 atom stereocenters. The summed E-state index contributed by atoms with van der Waals surface area (Å²) in [7, 11) is 0. The third-order valence-corrected chi connectivity index (χ3v) is 5.55. The summed E-state index contributed by atoms with van der Waals surface area (Å²) in [6, 6.07) is 2.28. The molecule has 0 heterocycles. The lowest BCUT2D eigenvalue weighted by molar-refractivity contribution is -0.152. The fraction of sp³-hybridized carbons (Fsp3) is 0.667. The van der Waals surface area contributed by atoms with Crippen LogP contribution in [0, 0.1) is 17.6 Å². The summed E-state index contributed by atoms with van der Waals surface area (Å²) >= 11 is 3.01. The van der Waals surface area contributed by atoms with Crippen LogP contribution in [-0.2, 0) is 25.7 Å². The van der Waals surface area contributed by atoms with E-state index in [9.17, 15) is 18.4 Å². The average molecular weight is 505 g/mol. The Labute approximate surface area is 193 Å². The van der Waals surface area contributed by atoms with E-state index in [0.29, 0.717) is 23.2 Å². The number of carbonyl (C=O) groups excluding carboxylic acids is 2. The minimum atomic E-state index is -0.742. The van der Waals surface area contributed by atoms with Crippen molar-refractivity contribution in [2.24, 2.45) is 5.92 Å². The summed E-state index contributed by atoms with van der Waals surface area (Å²) in [5.41, 5.74) is -0.246. The number of halogens is 3. The lowest BCUT2D eigenvalue weighted by atomic mass is 10.0. The zero-order valence-corrected chi connectivity index (χ0v) is 20.4. The summed E-state index contributed by atoms with van der Waals surface area (Å²) in [4.78, 5) is 23.7. The monoisotopic (exact) mass is 504 g/mol. The van der Waals surface area contributed by atoms with Gasteiger partial charge in [-0.1, -0.05) is 68.8 Å². The van der Waals surface area contributed by atoms with E-state index in [1.54, 1.807) is 0 Å². The number of ether oxygens (including phenoxy) is 2. The molecule has 0 spiro atoms. The van der Waals surface area contributed by atoms with Crippen LogP contribution in [0.5, 0.6) is 0 Å². The first-order chi connectivity index (χ1) is 14.7. The number of unbranched alkanes of at least 4 members (excludes halogenated alkanes) is 5. The Kier molecular flexibility index (Phi) is 13.6. The molecule has 31 heavy (non-hydrogen) atoms. The fourth-order valence-electron chi connectivity index (χ4n) is 3.22. The Morgan fingerprint density at radius 3 is 1.97 bits per heavy atom. The van der Waals surface area contributed by atoms with Gasteiger partial charge < -0.3 is 9.47 Å². The number of hydrogen-bond donors (Lipinski definition) is 0. The molecule has 1 aromatic carbocycles. The quantitative estimate of drug-likeness (QED) is 0.186. The second kappa shape index (κ2) is 15.3. The van der Waals surface area contributed by atoms with E-state index in [0.717, 1.165) is 57.1 Å². The third kappa shape index (κ3) is 11.6. The number of benzene rings is 1. The van der Waals surface area contributed by atoms with Gasteiger partial charge in [0.1, 0.15) is 24.3 Å². The van der Waals surface area contributed by atoms with Gasteiger partial charge in [0.15, 0.2) is 0 Å². The lowest BCUT2D eigenvalue weighted by Crippen LogP contribution is -2.23. The molecule has 1 aromatic rings. The van der Waals surface area contributed by atoms with E-state index in [-0.39, 0.29) is 24.1 Å². The fourth-order valence-corrected chi connectivity index (χ4v) is 3.62. The molecular weight excluding hydrogens is 470 g/mol. The normalized spacial score (nSPS) is 12.1. The van der Waals surface area contributed by atoms with Crippen LogP contribution in [0.1, 0.15) is 90.5 Å². The second-order valence-electron chi connectivity index (χ2n) is 8.19. The van der Waals surface area contributed by atoms with Gasteiger partial charge in [-0.2, -0.15) is 0 Å². The third-order valence-electron chi connectivity index (χ3n) is 5.09. The van der Waals surface area contributed by atoms with Gasteiger partial charge in [0, 0.05) is 17.3 Å². The van der Waals surface area contributed by atoms with Crippen molar-refractivity contribution in [3.63, 3.8) is 0 Å². The van der Waals surface area contributed by atoms with Gasteiger partial charge in [-0.3, -0.25) is 9.59 Å². The molecule has 0 N–H and O–H groups in total. The molecule has 0 fully saturated rings. The molecular formula is C24H35BrF2O4. The number of hydrogen-bond acceptors (Lipinski definition) is 4. The van der Waals surface area contributed by atoms with Gasteiger partial charge in [0.05, 0.1) is 5.56 Å². The van der Waals surface area contributed by atoms with E-state index in [2.05, 4.69) is 36.7 Å². The summed E-state index contributed by atoms with van der Waals surface area (Å²) in [5.74, 6) is -1.73. The number of carbonyl (C=O) groups is 2. The lowest BCUT2D eigenvalue weighted by Gasteiger charge is -2.20. The molecule has 0 aliphatic rings. The molecule has 0 saturated heterocycles. The van der Waals surface area contributed by atoms with Crippen LogP contribution in [0.4, 0.5) is 8.78 Å². The maximum absolute atomic E-state index is 13.7. The summed E-state index contributed by atoms with van der Waals surface area (Å²) in [6.07, 6.45) is 7.82. The molecule has 0 saturated carbocycles. The average Bonchev–Trinajstić information content (AvgIpc) is 2.68. The Bertz CT molecular complexity index is 671. The van der Waals surface area contributed by atoms with Crippen LogP contribution in [0.3, 0.4) is 0 Å². The van der Waals surface area contributed by atoms with Crippen molar-refractivity contribution in [2.75, 3.05) is 0 Å². The molecule has 176 valence electrons. The molecule has 7 heteroatoms. The van der Waals surface area contributed by atoms with Gasteiger partial charge in [0.25, 0.3) is 0 Å². The minimum absolute atomic E-state index is 0.00834. The largest absolute Gasteiger partial charge is 0.462 e. The van der Waals surface area contributed by atoms with Crippen molar-refractivity contribution in [2.45, 2.75) is 97.7 Å². The highest BCUT2D eigenvalue weighted by Crippen LogP contribution is 2.20. The molecule has 0 aliphatic carbocycles. The molecule has 0 aliphatic heterocycles. The smallest absolute Gasteiger partial charge is 0.306 e. The molecule has 0 amide bonds. The van der Waals surface area contributed by atoms with E-state index in [1.165, 1.54) is 0 Å². The number of esters is 2. The van der Waals surface area contributed by atoms with E-state index in [4.69, 9.17) is 9.47 Å². The molecule has 1 unspecified atom stereocenters. The first kappa shape index (κ1) is 27.5. The Balaban J connectivity index is 2.08. The maximum Gasteiger partial charge on any atom is 0.306 e. The van der Waals surface area contributed by atoms with Gasteiger partial charge >= 0.3 is 11.9 Å². The van der Waals surface area contributed by atoms with E-state index in [1.807, 2.05) is 0 Å². The van der Waals surface area contributed by atoms with Crippen molar-refractivity contribution in [3.8, 4) is 0 Å². The van der Waals surface area contributed by atoms with Crippen molar-refractivity contribution in [3.05, 3.63) is 33.8 Å². The first-order valence-electron chi connectivity index (χ1n) is 11.2. The standard InChI is InChI=1S/C24H35BrF2O4/c1-4-11-22(17(2)3)31-24(29)13-10-8-6-5-7-9-12-23(28)30-16-19-20(26)14-18(25)15-21(19)27/h14-15,17,22H,4-13,16H2,1-3H3. The highest BCUT2D eigenvalue weighted by atomic mass is 79.9. The van der Waals surface area contributed by atoms with Crippen LogP contribution in [0.2, 0.25) is 0 Å². The number of rotatable bonds is 15. The Hall–Kier alpha value is -1.50. The molecule has 0 bridgehead atoms. The highest BCUT2D eigenvalue weighted by molar-refractivity contribution is 9.10. The Morgan fingerprint density at radius 1 is 0.935 bits per heavy atom. The minimum Gasteiger partial charge on any atom is -0.462 e. The SMILES string of the molecule is CCCC(OC(=O)CCCCCCCCC(=O)OCc1c(F)cc(Br)cc1F)C(C)C. The summed E-state index contributed by atoms with van der Waals surface area (Å²) in [6.45, 7) is 5.82. The van der Waals surface area contributed by atoms with Crippen LogP contribution >= 0.6 is 15.9 Å². The van der Waals surface area contributed by atoms with E-state index >= 15 is 0 Å². The van der Waals surface area contributed by atoms with Gasteiger partial charge in [-0.15, -0.1) is 0 Å². The Morgan fingerprint density at radius 2 is 1.45 bits per heavy atom. The molecule has 1 rings (SSSR count). The zero-order valence-electron chi connectivity index (χ0n) is 18.9. The zero-order chi connectivity index (χ0) is 23.2. The van der Waals surface area contributed by atoms with Crippen LogP contribution in [0.15, 0.2) is 16.6 Å². The molecule has 0 radical (unpaired) electrons. The first-order valence-corrected chi connectivity index (χ1v) is 12.0. The summed E-state index contributed by atoms with van der Waals surface area (Å²) in [5, 5.41) is 0. The van der Waals surface area contributed by atoms with E-state index < -0.39 is 24.2 Å². The van der Waals surface area contributed by atoms with Gasteiger partial charge in [-0.25, -0.2) is 8.78 Å².